The molecule has 0 aliphatic carbocycles. The molecule has 0 atom stereocenters. The summed E-state index contributed by atoms with van der Waals surface area (Å²) in [5.41, 5.74) is 5.43. The molecule has 0 spiro atoms. The molecule has 2 N–H and O–H groups in total. The standard InChI is InChI=1S/C12H16F2N2OS/c1-3-16(6-7-17-2)9-5-4-8(12(15)18)10(13)11(9)14/h4-5H,3,6-7H2,1-2H3,(H2,15,18). The molecule has 0 fully saturated rings. The summed E-state index contributed by atoms with van der Waals surface area (Å²) in [5.74, 6) is -1.94. The van der Waals surface area contributed by atoms with Crippen LogP contribution in [-0.2, 0) is 4.74 Å². The Hall–Kier alpha value is -1.27. The molecule has 18 heavy (non-hydrogen) atoms. The molecule has 1 aromatic carbocycles. The molecule has 0 saturated carbocycles. The van der Waals surface area contributed by atoms with E-state index in [0.29, 0.717) is 19.7 Å². The van der Waals surface area contributed by atoms with Gasteiger partial charge in [-0.2, -0.15) is 0 Å². The first-order valence-corrected chi connectivity index (χ1v) is 5.95. The molecule has 0 aliphatic rings. The topological polar surface area (TPSA) is 38.5 Å². The summed E-state index contributed by atoms with van der Waals surface area (Å²) in [5, 5.41) is 0. The maximum absolute atomic E-state index is 13.9. The molecule has 0 amide bonds. The van der Waals surface area contributed by atoms with E-state index >= 15 is 0 Å². The predicted octanol–water partition coefficient (Wildman–Crippen LogP) is 2.07. The first-order valence-electron chi connectivity index (χ1n) is 5.54. The van der Waals surface area contributed by atoms with Crippen LogP contribution in [-0.4, -0.2) is 31.8 Å². The number of thiocarbonyl (C=S) groups is 1. The second-order valence-electron chi connectivity index (χ2n) is 3.70. The fourth-order valence-electron chi connectivity index (χ4n) is 1.62. The lowest BCUT2D eigenvalue weighted by Crippen LogP contribution is -2.28. The Morgan fingerprint density at radius 3 is 2.56 bits per heavy atom. The molecule has 0 aliphatic heterocycles. The van der Waals surface area contributed by atoms with Crippen LogP contribution in [0.15, 0.2) is 12.1 Å². The smallest absolute Gasteiger partial charge is 0.182 e. The molecule has 0 unspecified atom stereocenters. The lowest BCUT2D eigenvalue weighted by atomic mass is 10.1. The highest BCUT2D eigenvalue weighted by molar-refractivity contribution is 7.80. The number of nitrogens with zero attached hydrogens (tertiary/aromatic N) is 1. The Bertz CT molecular complexity index is 440. The van der Waals surface area contributed by atoms with Gasteiger partial charge in [-0.15, -0.1) is 0 Å². The zero-order valence-electron chi connectivity index (χ0n) is 10.4. The van der Waals surface area contributed by atoms with Crippen LogP contribution >= 0.6 is 12.2 Å². The van der Waals surface area contributed by atoms with E-state index in [0.717, 1.165) is 0 Å². The number of anilines is 1. The van der Waals surface area contributed by atoms with Crippen LogP contribution in [0.5, 0.6) is 0 Å². The third kappa shape index (κ3) is 3.14. The van der Waals surface area contributed by atoms with Crippen LogP contribution in [0.3, 0.4) is 0 Å². The van der Waals surface area contributed by atoms with Gasteiger partial charge in [0.15, 0.2) is 11.6 Å². The molecule has 0 bridgehead atoms. The van der Waals surface area contributed by atoms with E-state index < -0.39 is 11.6 Å². The van der Waals surface area contributed by atoms with Gasteiger partial charge in [0.25, 0.3) is 0 Å². The van der Waals surface area contributed by atoms with Crippen molar-refractivity contribution in [1.29, 1.82) is 0 Å². The van der Waals surface area contributed by atoms with E-state index in [2.05, 4.69) is 12.2 Å². The third-order valence-electron chi connectivity index (χ3n) is 2.62. The summed E-state index contributed by atoms with van der Waals surface area (Å²) in [6.45, 7) is 3.32. The number of nitrogens with two attached hydrogens (primary N) is 1. The number of benzene rings is 1. The van der Waals surface area contributed by atoms with Gasteiger partial charge >= 0.3 is 0 Å². The van der Waals surface area contributed by atoms with Gasteiger partial charge in [-0.1, -0.05) is 12.2 Å². The monoisotopic (exact) mass is 274 g/mol. The zero-order valence-corrected chi connectivity index (χ0v) is 11.2. The maximum atomic E-state index is 13.9. The van der Waals surface area contributed by atoms with E-state index in [1.807, 2.05) is 6.92 Å². The minimum atomic E-state index is -1.00. The predicted molar refractivity (Wildman–Crippen MR) is 72.0 cm³/mol. The number of ether oxygens (including phenoxy) is 1. The Labute approximate surface area is 111 Å². The van der Waals surface area contributed by atoms with Crippen molar-refractivity contribution in [2.75, 3.05) is 31.7 Å². The van der Waals surface area contributed by atoms with Crippen LogP contribution < -0.4 is 10.6 Å². The number of methoxy groups -OCH3 is 1. The molecule has 0 saturated heterocycles. The van der Waals surface area contributed by atoms with Gasteiger partial charge in [0.1, 0.15) is 4.99 Å². The van der Waals surface area contributed by atoms with Crippen molar-refractivity contribution in [1.82, 2.24) is 0 Å². The fourth-order valence-corrected chi connectivity index (χ4v) is 1.78. The normalized spacial score (nSPS) is 10.4. The van der Waals surface area contributed by atoms with Gasteiger partial charge in [0.05, 0.1) is 12.3 Å². The first-order chi connectivity index (χ1) is 8.52. The second kappa shape index (κ2) is 6.61. The largest absolute Gasteiger partial charge is 0.389 e. The molecular weight excluding hydrogens is 258 g/mol. The summed E-state index contributed by atoms with van der Waals surface area (Å²) in [7, 11) is 1.56. The number of halogens is 2. The average molecular weight is 274 g/mol. The SMILES string of the molecule is CCN(CCOC)c1ccc(C(N)=S)c(F)c1F. The van der Waals surface area contributed by atoms with Crippen LogP contribution in [0.25, 0.3) is 0 Å². The summed E-state index contributed by atoms with van der Waals surface area (Å²) < 4.78 is 32.6. The van der Waals surface area contributed by atoms with E-state index in [1.54, 1.807) is 12.0 Å². The summed E-state index contributed by atoms with van der Waals surface area (Å²) >= 11 is 4.65. The number of likely N-dealkylation sites (N-methyl/N-ethyl adjacent to an activating group) is 1. The summed E-state index contributed by atoms with van der Waals surface area (Å²) in [4.78, 5) is 1.53. The van der Waals surface area contributed by atoms with Gasteiger partial charge < -0.3 is 15.4 Å². The molecule has 100 valence electrons. The molecule has 1 rings (SSSR count). The zero-order chi connectivity index (χ0) is 13.7. The third-order valence-corrected chi connectivity index (χ3v) is 2.84. The van der Waals surface area contributed by atoms with E-state index in [4.69, 9.17) is 10.5 Å². The average Bonchev–Trinajstić information content (AvgIpc) is 2.34. The van der Waals surface area contributed by atoms with Crippen molar-refractivity contribution in [2.45, 2.75) is 6.92 Å². The van der Waals surface area contributed by atoms with E-state index in [-0.39, 0.29) is 16.2 Å². The number of hydrogen-bond donors (Lipinski definition) is 1. The lowest BCUT2D eigenvalue weighted by molar-refractivity contribution is 0.205. The summed E-state index contributed by atoms with van der Waals surface area (Å²) in [6, 6.07) is 2.87. The minimum Gasteiger partial charge on any atom is -0.389 e. The molecule has 0 aromatic heterocycles. The molecule has 3 nitrogen and oxygen atoms in total. The van der Waals surface area contributed by atoms with Gasteiger partial charge in [0, 0.05) is 25.8 Å². The number of hydrogen-bond acceptors (Lipinski definition) is 3. The summed E-state index contributed by atoms with van der Waals surface area (Å²) in [6.07, 6.45) is 0. The Balaban J connectivity index is 3.09. The van der Waals surface area contributed by atoms with Crippen molar-refractivity contribution >= 4 is 22.9 Å². The highest BCUT2D eigenvalue weighted by Crippen LogP contribution is 2.24. The Kier molecular flexibility index (Phi) is 5.43. The van der Waals surface area contributed by atoms with Crippen molar-refractivity contribution in [2.24, 2.45) is 5.73 Å². The van der Waals surface area contributed by atoms with Crippen LogP contribution in [0.4, 0.5) is 14.5 Å². The van der Waals surface area contributed by atoms with Crippen LogP contribution in [0.2, 0.25) is 0 Å². The lowest BCUT2D eigenvalue weighted by Gasteiger charge is -2.23. The quantitative estimate of drug-likeness (QED) is 0.806. The Morgan fingerprint density at radius 2 is 2.06 bits per heavy atom. The Morgan fingerprint density at radius 1 is 1.39 bits per heavy atom. The van der Waals surface area contributed by atoms with Crippen molar-refractivity contribution in [3.8, 4) is 0 Å². The van der Waals surface area contributed by atoms with Crippen molar-refractivity contribution in [3.63, 3.8) is 0 Å². The minimum absolute atomic E-state index is 0.0750. The molecule has 6 heteroatoms. The highest BCUT2D eigenvalue weighted by Gasteiger charge is 2.18. The molecule has 1 aromatic rings. The van der Waals surface area contributed by atoms with Crippen molar-refractivity contribution < 1.29 is 13.5 Å². The second-order valence-corrected chi connectivity index (χ2v) is 4.14. The van der Waals surface area contributed by atoms with Crippen LogP contribution in [0.1, 0.15) is 12.5 Å². The number of rotatable bonds is 6. The first kappa shape index (κ1) is 14.8. The van der Waals surface area contributed by atoms with Crippen molar-refractivity contribution in [3.05, 3.63) is 29.3 Å². The maximum Gasteiger partial charge on any atom is 0.182 e. The van der Waals surface area contributed by atoms with Gasteiger partial charge in [-0.3, -0.25) is 0 Å². The van der Waals surface area contributed by atoms with E-state index in [9.17, 15) is 8.78 Å². The van der Waals surface area contributed by atoms with Gasteiger partial charge in [-0.05, 0) is 19.1 Å². The van der Waals surface area contributed by atoms with Crippen LogP contribution in [0, 0.1) is 11.6 Å². The van der Waals surface area contributed by atoms with E-state index in [1.165, 1.54) is 12.1 Å². The fraction of sp³-hybridized carbons (Fsp3) is 0.417. The highest BCUT2D eigenvalue weighted by atomic mass is 32.1. The molecular formula is C12H16F2N2OS. The van der Waals surface area contributed by atoms with Gasteiger partial charge in [-0.25, -0.2) is 8.78 Å². The van der Waals surface area contributed by atoms with Gasteiger partial charge in [0.2, 0.25) is 0 Å². The molecule has 0 radical (unpaired) electrons. The molecule has 0 heterocycles.